The van der Waals surface area contributed by atoms with Gasteiger partial charge in [0, 0.05) is 6.54 Å². The van der Waals surface area contributed by atoms with Crippen LogP contribution in [0.25, 0.3) is 0 Å². The molecule has 7 heteroatoms. The van der Waals surface area contributed by atoms with Crippen LogP contribution in [0.15, 0.2) is 0 Å². The number of carbonyl (C=O) groups is 1. The minimum Gasteiger partial charge on any atom is -0.388 e. The molecule has 16 heavy (non-hydrogen) atoms. The summed E-state index contributed by atoms with van der Waals surface area (Å²) in [4.78, 5) is 11.6. The Kier molecular flexibility index (Phi) is 4.64. The zero-order valence-electron chi connectivity index (χ0n) is 9.16. The maximum atomic E-state index is 11.6. The summed E-state index contributed by atoms with van der Waals surface area (Å²) in [7, 11) is 0. The van der Waals surface area contributed by atoms with Gasteiger partial charge in [-0.25, -0.2) is 0 Å². The van der Waals surface area contributed by atoms with Crippen molar-refractivity contribution in [1.82, 2.24) is 15.5 Å². The van der Waals surface area contributed by atoms with E-state index in [1.807, 2.05) is 13.8 Å². The highest BCUT2D eigenvalue weighted by Crippen LogP contribution is 2.16. The fourth-order valence-electron chi connectivity index (χ4n) is 1.12. The number of halogens is 1. The summed E-state index contributed by atoms with van der Waals surface area (Å²) in [5.74, 6) is -0.357. The molecule has 0 bridgehead atoms. The molecule has 1 rings (SSSR count). The standard InChI is InChI=1S/C9H14ClN3O2S/c1-3-9(15,4-2)5-11-6(14)7-12-13-8(10)16-7/h15H,3-5H2,1-2H3,(H,11,14). The normalized spacial score (nSPS) is 11.5. The van der Waals surface area contributed by atoms with Crippen molar-refractivity contribution in [1.29, 1.82) is 0 Å². The van der Waals surface area contributed by atoms with Crippen LogP contribution in [0.5, 0.6) is 0 Å². The Morgan fingerprint density at radius 2 is 2.12 bits per heavy atom. The summed E-state index contributed by atoms with van der Waals surface area (Å²) < 4.78 is 0.228. The van der Waals surface area contributed by atoms with Crippen molar-refractivity contribution in [3.05, 3.63) is 9.47 Å². The van der Waals surface area contributed by atoms with Crippen LogP contribution in [-0.2, 0) is 0 Å². The van der Waals surface area contributed by atoms with Crippen LogP contribution in [0.1, 0.15) is 36.5 Å². The third kappa shape index (κ3) is 3.40. The highest BCUT2D eigenvalue weighted by Gasteiger charge is 2.23. The Hall–Kier alpha value is -0.720. The van der Waals surface area contributed by atoms with Crippen molar-refractivity contribution in [3.8, 4) is 0 Å². The molecular weight excluding hydrogens is 250 g/mol. The second-order valence-electron chi connectivity index (χ2n) is 3.47. The Morgan fingerprint density at radius 3 is 2.56 bits per heavy atom. The Balaban J connectivity index is 2.53. The zero-order chi connectivity index (χ0) is 12.2. The van der Waals surface area contributed by atoms with Gasteiger partial charge in [0.2, 0.25) is 9.47 Å². The molecule has 90 valence electrons. The van der Waals surface area contributed by atoms with Gasteiger partial charge in [0.05, 0.1) is 5.60 Å². The molecule has 0 aliphatic heterocycles. The average molecular weight is 264 g/mol. The smallest absolute Gasteiger partial charge is 0.282 e. The van der Waals surface area contributed by atoms with Crippen LogP contribution < -0.4 is 5.32 Å². The van der Waals surface area contributed by atoms with E-state index in [-0.39, 0.29) is 21.9 Å². The Morgan fingerprint density at radius 1 is 1.50 bits per heavy atom. The van der Waals surface area contributed by atoms with Crippen LogP contribution in [0.3, 0.4) is 0 Å². The molecule has 0 spiro atoms. The fraction of sp³-hybridized carbons (Fsp3) is 0.667. The zero-order valence-corrected chi connectivity index (χ0v) is 10.7. The molecule has 0 unspecified atom stereocenters. The van der Waals surface area contributed by atoms with Gasteiger partial charge in [-0.1, -0.05) is 25.2 Å². The number of nitrogens with one attached hydrogen (secondary N) is 1. The third-order valence-electron chi connectivity index (χ3n) is 2.49. The largest absolute Gasteiger partial charge is 0.388 e. The summed E-state index contributed by atoms with van der Waals surface area (Å²) in [5.41, 5.74) is -0.857. The second kappa shape index (κ2) is 5.56. The van der Waals surface area contributed by atoms with E-state index in [1.165, 1.54) is 0 Å². The number of aromatic nitrogens is 2. The van der Waals surface area contributed by atoms with Crippen LogP contribution in [0.2, 0.25) is 4.47 Å². The maximum Gasteiger partial charge on any atom is 0.282 e. The van der Waals surface area contributed by atoms with Gasteiger partial charge in [-0.05, 0) is 24.4 Å². The van der Waals surface area contributed by atoms with E-state index < -0.39 is 5.60 Å². The molecule has 1 aromatic rings. The van der Waals surface area contributed by atoms with E-state index in [1.54, 1.807) is 0 Å². The lowest BCUT2D eigenvalue weighted by Crippen LogP contribution is -2.42. The van der Waals surface area contributed by atoms with Crippen molar-refractivity contribution in [2.24, 2.45) is 0 Å². The first kappa shape index (κ1) is 13.3. The van der Waals surface area contributed by atoms with Crippen LogP contribution in [0, 0.1) is 0 Å². The lowest BCUT2D eigenvalue weighted by atomic mass is 9.98. The molecule has 2 N–H and O–H groups in total. The molecule has 0 aliphatic rings. The number of nitrogens with zero attached hydrogens (tertiary/aromatic N) is 2. The second-order valence-corrected chi connectivity index (χ2v) is 5.03. The first-order chi connectivity index (χ1) is 7.50. The van der Waals surface area contributed by atoms with Crippen molar-refractivity contribution in [2.45, 2.75) is 32.3 Å². The topological polar surface area (TPSA) is 75.1 Å². The number of hydrogen-bond donors (Lipinski definition) is 2. The molecule has 1 aromatic heterocycles. The number of rotatable bonds is 5. The number of carbonyl (C=O) groups excluding carboxylic acids is 1. The van der Waals surface area contributed by atoms with Gasteiger partial charge >= 0.3 is 0 Å². The number of amides is 1. The summed E-state index contributed by atoms with van der Waals surface area (Å²) in [5, 5.41) is 19.9. The van der Waals surface area contributed by atoms with Crippen molar-refractivity contribution in [3.63, 3.8) is 0 Å². The van der Waals surface area contributed by atoms with E-state index in [2.05, 4.69) is 15.5 Å². The molecule has 0 fully saturated rings. The van der Waals surface area contributed by atoms with Gasteiger partial charge in [-0.2, -0.15) is 0 Å². The van der Waals surface area contributed by atoms with Gasteiger partial charge in [0.1, 0.15) is 0 Å². The summed E-state index contributed by atoms with van der Waals surface area (Å²) >= 11 is 6.58. The fourth-order valence-corrected chi connectivity index (χ4v) is 1.86. The quantitative estimate of drug-likeness (QED) is 0.844. The van der Waals surface area contributed by atoms with E-state index in [0.717, 1.165) is 11.3 Å². The number of hydrogen-bond acceptors (Lipinski definition) is 5. The first-order valence-corrected chi connectivity index (χ1v) is 6.20. The molecular formula is C9H14ClN3O2S. The van der Waals surface area contributed by atoms with Gasteiger partial charge < -0.3 is 10.4 Å². The van der Waals surface area contributed by atoms with Gasteiger partial charge in [0.25, 0.3) is 5.91 Å². The van der Waals surface area contributed by atoms with Crippen LogP contribution in [0.4, 0.5) is 0 Å². The summed E-state index contributed by atoms with van der Waals surface area (Å²) in [6.07, 6.45) is 1.17. The molecule has 1 heterocycles. The van der Waals surface area contributed by atoms with E-state index in [4.69, 9.17) is 11.6 Å². The predicted octanol–water partition coefficient (Wildman–Crippen LogP) is 1.47. The molecule has 5 nitrogen and oxygen atoms in total. The Labute approximate surface area is 103 Å². The number of aliphatic hydroxyl groups is 1. The molecule has 0 radical (unpaired) electrons. The molecule has 0 aliphatic carbocycles. The van der Waals surface area contributed by atoms with Gasteiger partial charge in [-0.15, -0.1) is 10.2 Å². The predicted molar refractivity (Wildman–Crippen MR) is 62.8 cm³/mol. The van der Waals surface area contributed by atoms with E-state index in [0.29, 0.717) is 12.8 Å². The highest BCUT2D eigenvalue weighted by atomic mass is 35.5. The third-order valence-corrected chi connectivity index (χ3v) is 3.51. The van der Waals surface area contributed by atoms with Crippen LogP contribution >= 0.6 is 22.9 Å². The molecule has 0 saturated carbocycles. The minimum absolute atomic E-state index is 0.204. The van der Waals surface area contributed by atoms with Gasteiger partial charge in [0.15, 0.2) is 0 Å². The monoisotopic (exact) mass is 263 g/mol. The summed E-state index contributed by atoms with van der Waals surface area (Å²) in [6, 6.07) is 0. The maximum absolute atomic E-state index is 11.6. The lowest BCUT2D eigenvalue weighted by molar-refractivity contribution is 0.0314. The lowest BCUT2D eigenvalue weighted by Gasteiger charge is -2.24. The van der Waals surface area contributed by atoms with Crippen molar-refractivity contribution >= 4 is 28.8 Å². The van der Waals surface area contributed by atoms with E-state index in [9.17, 15) is 9.90 Å². The summed E-state index contributed by atoms with van der Waals surface area (Å²) in [6.45, 7) is 3.95. The molecule has 0 aromatic carbocycles. The van der Waals surface area contributed by atoms with Gasteiger partial charge in [-0.3, -0.25) is 4.79 Å². The first-order valence-electron chi connectivity index (χ1n) is 5.00. The van der Waals surface area contributed by atoms with E-state index >= 15 is 0 Å². The van der Waals surface area contributed by atoms with Crippen molar-refractivity contribution in [2.75, 3.05) is 6.54 Å². The molecule has 1 amide bonds. The molecule has 0 atom stereocenters. The highest BCUT2D eigenvalue weighted by molar-refractivity contribution is 7.17. The molecule has 0 saturated heterocycles. The van der Waals surface area contributed by atoms with Crippen LogP contribution in [-0.4, -0.2) is 33.4 Å². The average Bonchev–Trinajstić information content (AvgIpc) is 2.72. The Bertz CT molecular complexity index is 365. The SMILES string of the molecule is CCC(O)(CC)CNC(=O)c1nnc(Cl)s1. The minimum atomic E-state index is -0.857. The van der Waals surface area contributed by atoms with Crippen molar-refractivity contribution < 1.29 is 9.90 Å².